The Kier molecular flexibility index (Phi) is 4.70. The normalized spacial score (nSPS) is 10.5. The van der Waals surface area contributed by atoms with Crippen LogP contribution in [0.15, 0.2) is 54.9 Å². The standard InChI is InChI=1S/C19H19FN4/c1-13-3-4-14(2)17(9-13)24-19-10-18(22-12-23-19)21-11-15-5-7-16(20)8-6-15/h3-10,12H,11H2,1-2H3,(H2,21,22,23,24). The Balaban J connectivity index is 1.69. The number of aryl methyl sites for hydroxylation is 2. The van der Waals surface area contributed by atoms with Crippen molar-refractivity contribution in [2.75, 3.05) is 10.6 Å². The summed E-state index contributed by atoms with van der Waals surface area (Å²) in [5, 5.41) is 6.54. The molecule has 2 aromatic carbocycles. The second-order valence-electron chi connectivity index (χ2n) is 5.71. The Morgan fingerprint density at radius 3 is 2.46 bits per heavy atom. The fraction of sp³-hybridized carbons (Fsp3) is 0.158. The van der Waals surface area contributed by atoms with Crippen LogP contribution in [0.1, 0.15) is 16.7 Å². The second kappa shape index (κ2) is 7.08. The molecule has 0 aliphatic carbocycles. The lowest BCUT2D eigenvalue weighted by Gasteiger charge is -2.11. The highest BCUT2D eigenvalue weighted by atomic mass is 19.1. The van der Waals surface area contributed by atoms with Gasteiger partial charge in [-0.15, -0.1) is 0 Å². The van der Waals surface area contributed by atoms with Gasteiger partial charge in [0.05, 0.1) is 0 Å². The number of aromatic nitrogens is 2. The Morgan fingerprint density at radius 2 is 1.67 bits per heavy atom. The van der Waals surface area contributed by atoms with Gasteiger partial charge < -0.3 is 10.6 Å². The number of anilines is 3. The summed E-state index contributed by atoms with van der Waals surface area (Å²) >= 11 is 0. The van der Waals surface area contributed by atoms with Crippen molar-refractivity contribution >= 4 is 17.3 Å². The van der Waals surface area contributed by atoms with E-state index in [1.54, 1.807) is 12.1 Å². The van der Waals surface area contributed by atoms with Crippen molar-refractivity contribution in [3.05, 3.63) is 77.4 Å². The lowest BCUT2D eigenvalue weighted by molar-refractivity contribution is 0.627. The summed E-state index contributed by atoms with van der Waals surface area (Å²) in [6.07, 6.45) is 1.51. The zero-order chi connectivity index (χ0) is 16.9. The molecule has 0 fully saturated rings. The van der Waals surface area contributed by atoms with Crippen LogP contribution in [0.25, 0.3) is 0 Å². The van der Waals surface area contributed by atoms with Gasteiger partial charge in [-0.05, 0) is 48.7 Å². The predicted octanol–water partition coefficient (Wildman–Crippen LogP) is 4.59. The van der Waals surface area contributed by atoms with Crippen molar-refractivity contribution in [1.82, 2.24) is 9.97 Å². The highest BCUT2D eigenvalue weighted by Crippen LogP contribution is 2.21. The molecule has 3 aromatic rings. The smallest absolute Gasteiger partial charge is 0.135 e. The minimum Gasteiger partial charge on any atom is -0.366 e. The van der Waals surface area contributed by atoms with E-state index in [-0.39, 0.29) is 5.82 Å². The topological polar surface area (TPSA) is 49.8 Å². The summed E-state index contributed by atoms with van der Waals surface area (Å²) in [5.74, 6) is 1.20. The number of nitrogens with one attached hydrogen (secondary N) is 2. The number of halogens is 1. The van der Waals surface area contributed by atoms with Crippen LogP contribution in [0.5, 0.6) is 0 Å². The zero-order valence-corrected chi connectivity index (χ0v) is 13.7. The first-order chi connectivity index (χ1) is 11.6. The number of benzene rings is 2. The molecule has 5 heteroatoms. The van der Waals surface area contributed by atoms with Crippen molar-refractivity contribution in [1.29, 1.82) is 0 Å². The number of nitrogens with zero attached hydrogens (tertiary/aromatic N) is 2. The number of rotatable bonds is 5. The second-order valence-corrected chi connectivity index (χ2v) is 5.71. The van der Waals surface area contributed by atoms with Gasteiger partial charge in [0.15, 0.2) is 0 Å². The molecule has 0 saturated carbocycles. The maximum atomic E-state index is 12.9. The van der Waals surface area contributed by atoms with Gasteiger partial charge in [0, 0.05) is 18.3 Å². The van der Waals surface area contributed by atoms with E-state index in [1.807, 2.05) is 6.07 Å². The first kappa shape index (κ1) is 15.9. The molecule has 0 aliphatic rings. The van der Waals surface area contributed by atoms with Crippen molar-refractivity contribution in [3.8, 4) is 0 Å². The molecule has 0 unspecified atom stereocenters. The first-order valence-electron chi connectivity index (χ1n) is 7.75. The first-order valence-corrected chi connectivity index (χ1v) is 7.75. The van der Waals surface area contributed by atoms with E-state index >= 15 is 0 Å². The third kappa shape index (κ3) is 4.07. The van der Waals surface area contributed by atoms with E-state index in [2.05, 4.69) is 52.6 Å². The minimum atomic E-state index is -0.235. The van der Waals surface area contributed by atoms with E-state index in [9.17, 15) is 4.39 Å². The van der Waals surface area contributed by atoms with Crippen molar-refractivity contribution in [3.63, 3.8) is 0 Å². The molecule has 0 bridgehead atoms. The molecule has 0 saturated heterocycles. The van der Waals surface area contributed by atoms with Gasteiger partial charge in [-0.2, -0.15) is 0 Å². The van der Waals surface area contributed by atoms with Crippen LogP contribution in [0.4, 0.5) is 21.7 Å². The van der Waals surface area contributed by atoms with Crippen LogP contribution in [0, 0.1) is 19.7 Å². The van der Waals surface area contributed by atoms with Crippen LogP contribution in [0.2, 0.25) is 0 Å². The van der Waals surface area contributed by atoms with Gasteiger partial charge in [-0.1, -0.05) is 24.3 Å². The summed E-state index contributed by atoms with van der Waals surface area (Å²) in [5.41, 5.74) is 4.35. The maximum Gasteiger partial charge on any atom is 0.135 e. The fourth-order valence-electron chi connectivity index (χ4n) is 2.33. The molecule has 24 heavy (non-hydrogen) atoms. The van der Waals surface area contributed by atoms with Gasteiger partial charge >= 0.3 is 0 Å². The molecule has 1 heterocycles. The Morgan fingerprint density at radius 1 is 0.917 bits per heavy atom. The minimum absolute atomic E-state index is 0.235. The molecule has 0 radical (unpaired) electrons. The summed E-state index contributed by atoms with van der Waals surface area (Å²) in [7, 11) is 0. The largest absolute Gasteiger partial charge is 0.366 e. The summed E-state index contributed by atoms with van der Waals surface area (Å²) < 4.78 is 12.9. The van der Waals surface area contributed by atoms with Crippen LogP contribution >= 0.6 is 0 Å². The van der Waals surface area contributed by atoms with Gasteiger partial charge in [0.2, 0.25) is 0 Å². The molecule has 2 N–H and O–H groups in total. The SMILES string of the molecule is Cc1ccc(C)c(Nc2cc(NCc3ccc(F)cc3)ncn2)c1. The summed E-state index contributed by atoms with van der Waals surface area (Å²) in [6.45, 7) is 4.68. The van der Waals surface area contributed by atoms with Crippen LogP contribution < -0.4 is 10.6 Å². The highest BCUT2D eigenvalue weighted by molar-refractivity contribution is 5.63. The lowest BCUT2D eigenvalue weighted by Crippen LogP contribution is -2.03. The lowest BCUT2D eigenvalue weighted by atomic mass is 10.1. The third-order valence-corrected chi connectivity index (χ3v) is 3.71. The van der Waals surface area contributed by atoms with Gasteiger partial charge in [0.25, 0.3) is 0 Å². The fourth-order valence-corrected chi connectivity index (χ4v) is 2.33. The molecule has 4 nitrogen and oxygen atoms in total. The Bertz CT molecular complexity index is 831. The maximum absolute atomic E-state index is 12.9. The zero-order valence-electron chi connectivity index (χ0n) is 13.7. The van der Waals surface area contributed by atoms with Crippen LogP contribution in [-0.2, 0) is 6.54 Å². The Hall–Kier alpha value is -2.95. The molecule has 1 aromatic heterocycles. The van der Waals surface area contributed by atoms with Crippen molar-refractivity contribution in [2.45, 2.75) is 20.4 Å². The molecule has 0 aliphatic heterocycles. The van der Waals surface area contributed by atoms with Crippen LogP contribution in [-0.4, -0.2) is 9.97 Å². The van der Waals surface area contributed by atoms with Gasteiger partial charge in [-0.25, -0.2) is 14.4 Å². The monoisotopic (exact) mass is 322 g/mol. The van der Waals surface area contributed by atoms with E-state index < -0.39 is 0 Å². The summed E-state index contributed by atoms with van der Waals surface area (Å²) in [6, 6.07) is 14.5. The van der Waals surface area contributed by atoms with Gasteiger partial charge in [0.1, 0.15) is 23.8 Å². The Labute approximate surface area is 140 Å². The molecular formula is C19H19FN4. The molecule has 0 atom stereocenters. The molecular weight excluding hydrogens is 303 g/mol. The van der Waals surface area contributed by atoms with E-state index in [0.717, 1.165) is 22.6 Å². The van der Waals surface area contributed by atoms with E-state index in [4.69, 9.17) is 0 Å². The molecule has 3 rings (SSSR count). The average molecular weight is 322 g/mol. The number of hydrogen-bond donors (Lipinski definition) is 2. The highest BCUT2D eigenvalue weighted by Gasteiger charge is 2.03. The molecule has 0 spiro atoms. The van der Waals surface area contributed by atoms with Crippen molar-refractivity contribution in [2.24, 2.45) is 0 Å². The molecule has 0 amide bonds. The predicted molar refractivity (Wildman–Crippen MR) is 95.0 cm³/mol. The van der Waals surface area contributed by atoms with E-state index in [1.165, 1.54) is 24.0 Å². The summed E-state index contributed by atoms with van der Waals surface area (Å²) in [4.78, 5) is 8.48. The van der Waals surface area contributed by atoms with Crippen LogP contribution in [0.3, 0.4) is 0 Å². The van der Waals surface area contributed by atoms with E-state index in [0.29, 0.717) is 12.4 Å². The van der Waals surface area contributed by atoms with Crippen molar-refractivity contribution < 1.29 is 4.39 Å². The molecule has 122 valence electrons. The average Bonchev–Trinajstić information content (AvgIpc) is 2.58. The third-order valence-electron chi connectivity index (χ3n) is 3.71. The quantitative estimate of drug-likeness (QED) is 0.721. The van der Waals surface area contributed by atoms with Gasteiger partial charge in [-0.3, -0.25) is 0 Å². The number of hydrogen-bond acceptors (Lipinski definition) is 4.